The van der Waals surface area contributed by atoms with Gasteiger partial charge in [0.1, 0.15) is 16.3 Å². The topological polar surface area (TPSA) is 114 Å². The smallest absolute Gasteiger partial charge is 0.245 e. The number of furan rings is 1. The average Bonchev–Trinajstić information content (AvgIpc) is 3.08. The number of hydrogen-bond acceptors (Lipinski definition) is 6. The summed E-state index contributed by atoms with van der Waals surface area (Å²) in [7, 11) is -3.75. The normalized spacial score (nSPS) is 13.0. The van der Waals surface area contributed by atoms with Crippen LogP contribution in [0.1, 0.15) is 36.6 Å². The molecule has 2 heterocycles. The van der Waals surface area contributed by atoms with Crippen molar-refractivity contribution in [2.24, 2.45) is 0 Å². The van der Waals surface area contributed by atoms with Gasteiger partial charge in [-0.1, -0.05) is 5.16 Å². The lowest BCUT2D eigenvalue weighted by Crippen LogP contribution is -2.32. The van der Waals surface area contributed by atoms with Gasteiger partial charge in [0.2, 0.25) is 15.9 Å². The Balaban J connectivity index is 1.86. The Morgan fingerprint density at radius 2 is 2.13 bits per heavy atom. The SMILES string of the molecule is Cc1noc(C)c1S(=O)(=O)NCCC(=O)N[C@@H](C)c1ccco1. The van der Waals surface area contributed by atoms with Gasteiger partial charge in [-0.25, -0.2) is 13.1 Å². The van der Waals surface area contributed by atoms with Crippen LogP contribution in [0.15, 0.2) is 32.2 Å². The minimum Gasteiger partial charge on any atom is -0.467 e. The van der Waals surface area contributed by atoms with Gasteiger partial charge >= 0.3 is 0 Å². The molecule has 126 valence electrons. The number of carbonyl (C=O) groups is 1. The Bertz CT molecular complexity index is 745. The lowest BCUT2D eigenvalue weighted by molar-refractivity contribution is -0.121. The maximum atomic E-state index is 12.2. The molecule has 8 nitrogen and oxygen atoms in total. The summed E-state index contributed by atoms with van der Waals surface area (Å²) in [6, 6.07) is 3.21. The Labute approximate surface area is 134 Å². The average molecular weight is 341 g/mol. The highest BCUT2D eigenvalue weighted by Crippen LogP contribution is 2.18. The summed E-state index contributed by atoms with van der Waals surface area (Å²) in [6.07, 6.45) is 1.53. The van der Waals surface area contributed by atoms with Crippen molar-refractivity contribution in [2.75, 3.05) is 6.54 Å². The third-order valence-corrected chi connectivity index (χ3v) is 4.93. The molecule has 0 spiro atoms. The first kappa shape index (κ1) is 17.2. The molecule has 2 aromatic rings. The monoisotopic (exact) mass is 341 g/mol. The zero-order valence-corrected chi connectivity index (χ0v) is 13.9. The molecule has 0 bridgehead atoms. The number of rotatable bonds is 7. The van der Waals surface area contributed by atoms with E-state index in [4.69, 9.17) is 8.94 Å². The van der Waals surface area contributed by atoms with E-state index in [1.807, 2.05) is 0 Å². The van der Waals surface area contributed by atoms with E-state index < -0.39 is 10.0 Å². The molecule has 0 radical (unpaired) electrons. The molecule has 1 atom stereocenters. The van der Waals surface area contributed by atoms with Crippen LogP contribution >= 0.6 is 0 Å². The standard InChI is InChI=1S/C14H19N3O5S/c1-9(12-5-4-8-21-12)16-13(18)6-7-15-23(19,20)14-10(2)17-22-11(14)3/h4-5,8-9,15H,6-7H2,1-3H3,(H,16,18)/t9-/m0/s1. The maximum Gasteiger partial charge on any atom is 0.245 e. The van der Waals surface area contributed by atoms with Gasteiger partial charge in [0.05, 0.1) is 12.3 Å². The number of nitrogens with zero attached hydrogens (tertiary/aromatic N) is 1. The van der Waals surface area contributed by atoms with Gasteiger partial charge in [0.15, 0.2) is 5.76 Å². The molecule has 9 heteroatoms. The molecule has 1 amide bonds. The van der Waals surface area contributed by atoms with Crippen LogP contribution in [-0.2, 0) is 14.8 Å². The van der Waals surface area contributed by atoms with E-state index in [2.05, 4.69) is 15.2 Å². The predicted octanol–water partition coefficient (Wildman–Crippen LogP) is 1.43. The molecule has 2 rings (SSSR count). The van der Waals surface area contributed by atoms with Crippen LogP contribution in [0.2, 0.25) is 0 Å². The molecule has 0 unspecified atom stereocenters. The van der Waals surface area contributed by atoms with Gasteiger partial charge in [-0.2, -0.15) is 0 Å². The van der Waals surface area contributed by atoms with Crippen molar-refractivity contribution in [1.82, 2.24) is 15.2 Å². The first-order valence-electron chi connectivity index (χ1n) is 7.06. The second-order valence-corrected chi connectivity index (χ2v) is 6.81. The quantitative estimate of drug-likeness (QED) is 0.787. The molecule has 2 aromatic heterocycles. The summed E-state index contributed by atoms with van der Waals surface area (Å²) in [5, 5.41) is 6.34. The molecular weight excluding hydrogens is 322 g/mol. The van der Waals surface area contributed by atoms with Crippen LogP contribution in [0.3, 0.4) is 0 Å². The Kier molecular flexibility index (Phi) is 5.22. The van der Waals surface area contributed by atoms with E-state index >= 15 is 0 Å². The molecule has 2 N–H and O–H groups in total. The summed E-state index contributed by atoms with van der Waals surface area (Å²) in [4.78, 5) is 11.9. The van der Waals surface area contributed by atoms with Gasteiger partial charge in [-0.3, -0.25) is 4.79 Å². The van der Waals surface area contributed by atoms with Gasteiger partial charge in [-0.15, -0.1) is 0 Å². The third kappa shape index (κ3) is 4.20. The van der Waals surface area contributed by atoms with Crippen LogP contribution in [-0.4, -0.2) is 26.0 Å². The molecule has 23 heavy (non-hydrogen) atoms. The highest BCUT2D eigenvalue weighted by atomic mass is 32.2. The second-order valence-electron chi connectivity index (χ2n) is 5.11. The van der Waals surface area contributed by atoms with Crippen LogP contribution in [0.25, 0.3) is 0 Å². The van der Waals surface area contributed by atoms with Gasteiger partial charge < -0.3 is 14.3 Å². The zero-order chi connectivity index (χ0) is 17.0. The zero-order valence-electron chi connectivity index (χ0n) is 13.1. The van der Waals surface area contributed by atoms with E-state index in [9.17, 15) is 13.2 Å². The summed E-state index contributed by atoms with van der Waals surface area (Å²) in [5.74, 6) is 0.566. The number of carbonyl (C=O) groups excluding carboxylic acids is 1. The lowest BCUT2D eigenvalue weighted by atomic mass is 10.2. The van der Waals surface area contributed by atoms with Crippen LogP contribution in [0.5, 0.6) is 0 Å². The number of hydrogen-bond donors (Lipinski definition) is 2. The van der Waals surface area contributed by atoms with E-state index in [0.29, 0.717) is 5.76 Å². The number of aryl methyl sites for hydroxylation is 2. The Morgan fingerprint density at radius 3 is 2.70 bits per heavy atom. The van der Waals surface area contributed by atoms with E-state index in [1.54, 1.807) is 26.0 Å². The Morgan fingerprint density at radius 1 is 1.39 bits per heavy atom. The van der Waals surface area contributed by atoms with Crippen LogP contribution in [0, 0.1) is 13.8 Å². The largest absolute Gasteiger partial charge is 0.467 e. The summed E-state index contributed by atoms with van der Waals surface area (Å²) >= 11 is 0. The number of sulfonamides is 1. The van der Waals surface area contributed by atoms with Crippen LogP contribution in [0.4, 0.5) is 0 Å². The van der Waals surface area contributed by atoms with E-state index in [-0.39, 0.29) is 41.3 Å². The van der Waals surface area contributed by atoms with Crippen molar-refractivity contribution in [2.45, 2.75) is 38.1 Å². The Hall–Kier alpha value is -2.13. The fourth-order valence-corrected chi connectivity index (χ4v) is 3.51. The minimum atomic E-state index is -3.75. The highest BCUT2D eigenvalue weighted by Gasteiger charge is 2.24. The number of amides is 1. The molecule has 0 aliphatic heterocycles. The summed E-state index contributed by atoms with van der Waals surface area (Å²) < 4.78 is 36.7. The van der Waals surface area contributed by atoms with Crippen molar-refractivity contribution >= 4 is 15.9 Å². The van der Waals surface area contributed by atoms with E-state index in [0.717, 1.165) is 0 Å². The molecule has 0 aliphatic rings. The number of aromatic nitrogens is 1. The van der Waals surface area contributed by atoms with E-state index in [1.165, 1.54) is 13.2 Å². The number of nitrogens with one attached hydrogen (secondary N) is 2. The first-order chi connectivity index (χ1) is 10.8. The van der Waals surface area contributed by atoms with Crippen molar-refractivity contribution in [3.63, 3.8) is 0 Å². The second kappa shape index (κ2) is 6.97. The van der Waals surface area contributed by atoms with Gasteiger partial charge in [-0.05, 0) is 32.9 Å². The van der Waals surface area contributed by atoms with Crippen molar-refractivity contribution in [3.05, 3.63) is 35.6 Å². The fraction of sp³-hybridized carbons (Fsp3) is 0.429. The third-order valence-electron chi connectivity index (χ3n) is 3.23. The lowest BCUT2D eigenvalue weighted by Gasteiger charge is -2.11. The molecule has 0 aliphatic carbocycles. The first-order valence-corrected chi connectivity index (χ1v) is 8.55. The van der Waals surface area contributed by atoms with Crippen LogP contribution < -0.4 is 10.0 Å². The predicted molar refractivity (Wildman–Crippen MR) is 81.0 cm³/mol. The minimum absolute atomic E-state index is 0.00759. The molecule has 0 saturated carbocycles. The summed E-state index contributed by atoms with van der Waals surface area (Å²) in [5.41, 5.74) is 0.283. The van der Waals surface area contributed by atoms with Gasteiger partial charge in [0.25, 0.3) is 0 Å². The molecular formula is C14H19N3O5S. The van der Waals surface area contributed by atoms with Crippen molar-refractivity contribution in [3.8, 4) is 0 Å². The van der Waals surface area contributed by atoms with Crippen molar-refractivity contribution in [1.29, 1.82) is 0 Å². The summed E-state index contributed by atoms with van der Waals surface area (Å²) in [6.45, 7) is 4.82. The molecule has 0 fully saturated rings. The molecule has 0 aromatic carbocycles. The maximum absolute atomic E-state index is 12.2. The van der Waals surface area contributed by atoms with Gasteiger partial charge in [0, 0.05) is 13.0 Å². The highest BCUT2D eigenvalue weighted by molar-refractivity contribution is 7.89. The van der Waals surface area contributed by atoms with Crippen molar-refractivity contribution < 1.29 is 22.2 Å². The fourth-order valence-electron chi connectivity index (χ4n) is 2.15. The molecule has 0 saturated heterocycles.